The van der Waals surface area contributed by atoms with Crippen LogP contribution in [0, 0.1) is 0 Å². The average molecular weight is 362 g/mol. The van der Waals surface area contributed by atoms with Gasteiger partial charge in [0.15, 0.2) is 23.0 Å². The molecular formula is C20H18N4O3. The second kappa shape index (κ2) is 7.33. The lowest BCUT2D eigenvalue weighted by molar-refractivity contribution is 0.102. The maximum atomic E-state index is 12.3. The topological polar surface area (TPSA) is 85.4 Å². The first-order valence-electron chi connectivity index (χ1n) is 8.62. The zero-order chi connectivity index (χ0) is 18.6. The predicted molar refractivity (Wildman–Crippen MR) is 102 cm³/mol. The maximum Gasteiger partial charge on any atom is 0.276 e. The highest BCUT2D eigenvalue weighted by atomic mass is 16.7. The van der Waals surface area contributed by atoms with Crippen molar-refractivity contribution >= 4 is 23.1 Å². The lowest BCUT2D eigenvalue weighted by atomic mass is 10.1. The van der Waals surface area contributed by atoms with Crippen LogP contribution < -0.4 is 20.1 Å². The Morgan fingerprint density at radius 1 is 0.963 bits per heavy atom. The third kappa shape index (κ3) is 3.82. The molecule has 0 spiro atoms. The summed E-state index contributed by atoms with van der Waals surface area (Å²) in [4.78, 5) is 12.3. The first kappa shape index (κ1) is 16.8. The molecule has 136 valence electrons. The van der Waals surface area contributed by atoms with Crippen molar-refractivity contribution in [3.8, 4) is 11.5 Å². The molecule has 3 aromatic rings. The zero-order valence-corrected chi connectivity index (χ0v) is 14.7. The quantitative estimate of drug-likeness (QED) is 0.719. The number of rotatable bonds is 5. The van der Waals surface area contributed by atoms with Crippen molar-refractivity contribution in [2.45, 2.75) is 13.3 Å². The van der Waals surface area contributed by atoms with E-state index >= 15 is 0 Å². The highest BCUT2D eigenvalue weighted by Crippen LogP contribution is 2.34. The molecule has 7 nitrogen and oxygen atoms in total. The van der Waals surface area contributed by atoms with Crippen molar-refractivity contribution < 1.29 is 14.3 Å². The first-order chi connectivity index (χ1) is 13.2. The molecule has 2 aromatic carbocycles. The Kier molecular flexibility index (Phi) is 4.57. The molecule has 1 aromatic heterocycles. The number of ether oxygens (including phenoxy) is 2. The van der Waals surface area contributed by atoms with Gasteiger partial charge < -0.3 is 20.1 Å². The van der Waals surface area contributed by atoms with Crippen molar-refractivity contribution in [1.82, 2.24) is 10.2 Å². The van der Waals surface area contributed by atoms with Crippen LogP contribution in [-0.4, -0.2) is 22.9 Å². The van der Waals surface area contributed by atoms with Crippen LogP contribution in [0.2, 0.25) is 0 Å². The van der Waals surface area contributed by atoms with Crippen LogP contribution in [0.5, 0.6) is 11.5 Å². The Morgan fingerprint density at radius 3 is 2.48 bits per heavy atom. The fourth-order valence-electron chi connectivity index (χ4n) is 2.66. The van der Waals surface area contributed by atoms with Gasteiger partial charge in [0.25, 0.3) is 5.91 Å². The third-order valence-corrected chi connectivity index (χ3v) is 4.16. The molecule has 0 fully saturated rings. The van der Waals surface area contributed by atoms with Crippen LogP contribution in [-0.2, 0) is 6.42 Å². The van der Waals surface area contributed by atoms with E-state index in [1.807, 2.05) is 12.1 Å². The predicted octanol–water partition coefficient (Wildman–Crippen LogP) is 3.76. The molecule has 2 heterocycles. The summed E-state index contributed by atoms with van der Waals surface area (Å²) in [7, 11) is 0. The van der Waals surface area contributed by atoms with E-state index in [1.165, 1.54) is 5.56 Å². The number of anilines is 3. The Labute approximate surface area is 156 Å². The molecule has 1 aliphatic rings. The van der Waals surface area contributed by atoms with E-state index in [-0.39, 0.29) is 18.4 Å². The van der Waals surface area contributed by atoms with Gasteiger partial charge in [-0.2, -0.15) is 0 Å². The Bertz CT molecular complexity index is 956. The summed E-state index contributed by atoms with van der Waals surface area (Å²) in [5.41, 5.74) is 3.00. The number of nitrogens with one attached hydrogen (secondary N) is 2. The number of amides is 1. The zero-order valence-electron chi connectivity index (χ0n) is 14.7. The van der Waals surface area contributed by atoms with Crippen LogP contribution in [0.4, 0.5) is 17.2 Å². The molecule has 0 unspecified atom stereocenters. The normalized spacial score (nSPS) is 11.9. The molecule has 1 amide bonds. The van der Waals surface area contributed by atoms with Gasteiger partial charge in [-0.05, 0) is 48.4 Å². The molecular weight excluding hydrogens is 344 g/mol. The second-order valence-corrected chi connectivity index (χ2v) is 6.00. The van der Waals surface area contributed by atoms with Crippen LogP contribution in [0.3, 0.4) is 0 Å². The van der Waals surface area contributed by atoms with Crippen LogP contribution >= 0.6 is 0 Å². The van der Waals surface area contributed by atoms with Crippen LogP contribution in [0.15, 0.2) is 54.6 Å². The van der Waals surface area contributed by atoms with Crippen molar-refractivity contribution in [3.05, 3.63) is 65.9 Å². The highest BCUT2D eigenvalue weighted by molar-refractivity contribution is 6.03. The number of carbonyl (C=O) groups excluding carboxylic acids is 1. The van der Waals surface area contributed by atoms with E-state index in [9.17, 15) is 4.79 Å². The molecule has 1 aliphatic heterocycles. The summed E-state index contributed by atoms with van der Waals surface area (Å²) in [5.74, 6) is 1.49. The molecule has 0 aliphatic carbocycles. The van der Waals surface area contributed by atoms with Gasteiger partial charge in [0, 0.05) is 17.4 Å². The Hall–Kier alpha value is -3.61. The number of benzene rings is 2. The SMILES string of the molecule is CCc1ccc(Nc2ccc(C(=O)Nc3ccc4c(c3)OCO4)nn2)cc1. The number of nitrogens with zero attached hydrogens (tertiary/aromatic N) is 2. The second-order valence-electron chi connectivity index (χ2n) is 6.00. The number of hydrogen-bond acceptors (Lipinski definition) is 6. The fourth-order valence-corrected chi connectivity index (χ4v) is 2.66. The van der Waals surface area contributed by atoms with Gasteiger partial charge in [-0.25, -0.2) is 0 Å². The molecule has 0 radical (unpaired) electrons. The number of carbonyl (C=O) groups is 1. The molecule has 0 bridgehead atoms. The summed E-state index contributed by atoms with van der Waals surface area (Å²) >= 11 is 0. The molecule has 7 heteroatoms. The standard InChI is InChI=1S/C20H18N4O3/c1-2-13-3-5-14(6-4-13)21-19-10-8-16(23-24-19)20(25)22-15-7-9-17-18(11-15)27-12-26-17/h3-11H,2,12H2,1H3,(H,21,24)(H,22,25). The van der Waals surface area contributed by atoms with Crippen molar-refractivity contribution in [2.24, 2.45) is 0 Å². The minimum Gasteiger partial charge on any atom is -0.454 e. The number of hydrogen-bond donors (Lipinski definition) is 2. The van der Waals surface area contributed by atoms with E-state index in [1.54, 1.807) is 30.3 Å². The monoisotopic (exact) mass is 362 g/mol. The summed E-state index contributed by atoms with van der Waals surface area (Å²) in [6.45, 7) is 2.30. The lowest BCUT2D eigenvalue weighted by Crippen LogP contribution is -2.14. The van der Waals surface area contributed by atoms with Gasteiger partial charge in [-0.15, -0.1) is 10.2 Å². The lowest BCUT2D eigenvalue weighted by Gasteiger charge is -2.07. The molecule has 2 N–H and O–H groups in total. The molecule has 27 heavy (non-hydrogen) atoms. The van der Waals surface area contributed by atoms with E-state index in [2.05, 4.69) is 39.9 Å². The van der Waals surface area contributed by atoms with E-state index in [0.29, 0.717) is 23.0 Å². The van der Waals surface area contributed by atoms with Crippen molar-refractivity contribution in [1.29, 1.82) is 0 Å². The van der Waals surface area contributed by atoms with Gasteiger partial charge in [-0.3, -0.25) is 4.79 Å². The van der Waals surface area contributed by atoms with Gasteiger partial charge >= 0.3 is 0 Å². The average Bonchev–Trinajstić information content (AvgIpc) is 3.17. The molecule has 0 saturated heterocycles. The van der Waals surface area contributed by atoms with E-state index in [0.717, 1.165) is 12.1 Å². The minimum absolute atomic E-state index is 0.188. The van der Waals surface area contributed by atoms with Crippen LogP contribution in [0.1, 0.15) is 23.0 Å². The largest absolute Gasteiger partial charge is 0.454 e. The summed E-state index contributed by atoms with van der Waals surface area (Å²) in [6, 6.07) is 16.6. The van der Waals surface area contributed by atoms with Crippen LogP contribution in [0.25, 0.3) is 0 Å². The number of aromatic nitrogens is 2. The highest BCUT2D eigenvalue weighted by Gasteiger charge is 2.15. The van der Waals surface area contributed by atoms with Gasteiger partial charge in [0.1, 0.15) is 0 Å². The minimum atomic E-state index is -0.347. The molecule has 4 rings (SSSR count). The summed E-state index contributed by atoms with van der Waals surface area (Å²) in [6.07, 6.45) is 0.993. The fraction of sp³-hybridized carbons (Fsp3) is 0.150. The summed E-state index contributed by atoms with van der Waals surface area (Å²) < 4.78 is 10.6. The Morgan fingerprint density at radius 2 is 1.74 bits per heavy atom. The van der Waals surface area contributed by atoms with Gasteiger partial charge in [-0.1, -0.05) is 19.1 Å². The number of aryl methyl sites for hydroxylation is 1. The summed E-state index contributed by atoms with van der Waals surface area (Å²) in [5, 5.41) is 14.0. The maximum absolute atomic E-state index is 12.3. The van der Waals surface area contributed by atoms with E-state index in [4.69, 9.17) is 9.47 Å². The molecule has 0 atom stereocenters. The third-order valence-electron chi connectivity index (χ3n) is 4.16. The van der Waals surface area contributed by atoms with E-state index < -0.39 is 0 Å². The smallest absolute Gasteiger partial charge is 0.276 e. The molecule has 0 saturated carbocycles. The van der Waals surface area contributed by atoms with Crippen molar-refractivity contribution in [3.63, 3.8) is 0 Å². The van der Waals surface area contributed by atoms with Gasteiger partial charge in [0.05, 0.1) is 0 Å². The first-order valence-corrected chi connectivity index (χ1v) is 8.62. The Balaban J connectivity index is 1.41. The number of fused-ring (bicyclic) bond motifs is 1. The van der Waals surface area contributed by atoms with Crippen molar-refractivity contribution in [2.75, 3.05) is 17.4 Å². The van der Waals surface area contributed by atoms with Gasteiger partial charge in [0.2, 0.25) is 6.79 Å².